The highest BCUT2D eigenvalue weighted by molar-refractivity contribution is 7.88. The first-order valence-electron chi connectivity index (χ1n) is 4.92. The Morgan fingerprint density at radius 2 is 2.20 bits per heavy atom. The van der Waals surface area contributed by atoms with E-state index in [9.17, 15) is 8.42 Å². The van der Waals surface area contributed by atoms with E-state index in [2.05, 4.69) is 10.0 Å². The van der Waals surface area contributed by atoms with Gasteiger partial charge in [0, 0.05) is 19.6 Å². The standard InChI is InChI=1S/C8H18N2O4S/c1-15(11,12)10-4-3-9-6-8-2-5-13-7-14-8/h8-10H,2-7H2,1H3. The van der Waals surface area contributed by atoms with Gasteiger partial charge in [0.25, 0.3) is 0 Å². The summed E-state index contributed by atoms with van der Waals surface area (Å²) in [5, 5.41) is 3.12. The Hall–Kier alpha value is -0.210. The van der Waals surface area contributed by atoms with Crippen molar-refractivity contribution < 1.29 is 17.9 Å². The minimum Gasteiger partial charge on any atom is -0.355 e. The van der Waals surface area contributed by atoms with E-state index in [4.69, 9.17) is 9.47 Å². The van der Waals surface area contributed by atoms with Gasteiger partial charge in [-0.1, -0.05) is 0 Å². The highest BCUT2D eigenvalue weighted by atomic mass is 32.2. The molecule has 1 fully saturated rings. The molecule has 1 heterocycles. The third kappa shape index (κ3) is 6.80. The Balaban J connectivity index is 1.96. The van der Waals surface area contributed by atoms with E-state index in [1.54, 1.807) is 0 Å². The lowest BCUT2D eigenvalue weighted by Gasteiger charge is -2.22. The van der Waals surface area contributed by atoms with E-state index in [-0.39, 0.29) is 6.10 Å². The Labute approximate surface area is 90.4 Å². The third-order valence-electron chi connectivity index (χ3n) is 2.01. The summed E-state index contributed by atoms with van der Waals surface area (Å²) in [7, 11) is -3.07. The Morgan fingerprint density at radius 3 is 2.80 bits per heavy atom. The molecule has 0 saturated carbocycles. The predicted octanol–water partition coefficient (Wildman–Crippen LogP) is -1.11. The van der Waals surface area contributed by atoms with E-state index in [1.165, 1.54) is 0 Å². The van der Waals surface area contributed by atoms with Gasteiger partial charge in [0.05, 0.1) is 19.0 Å². The maximum absolute atomic E-state index is 10.7. The van der Waals surface area contributed by atoms with Crippen LogP contribution in [-0.4, -0.2) is 53.8 Å². The maximum atomic E-state index is 10.7. The number of ether oxygens (including phenoxy) is 2. The first-order chi connectivity index (χ1) is 7.08. The molecule has 0 aromatic carbocycles. The summed E-state index contributed by atoms with van der Waals surface area (Å²) < 4.78 is 34.2. The van der Waals surface area contributed by atoms with E-state index in [1.807, 2.05) is 0 Å². The zero-order chi connectivity index (χ0) is 11.1. The number of hydrogen-bond acceptors (Lipinski definition) is 5. The van der Waals surface area contributed by atoms with Crippen LogP contribution in [0.1, 0.15) is 6.42 Å². The Bertz CT molecular complexity index is 262. The van der Waals surface area contributed by atoms with Crippen LogP contribution in [0.4, 0.5) is 0 Å². The van der Waals surface area contributed by atoms with Crippen LogP contribution in [0.2, 0.25) is 0 Å². The summed E-state index contributed by atoms with van der Waals surface area (Å²) in [6.07, 6.45) is 2.21. The number of sulfonamides is 1. The molecule has 6 nitrogen and oxygen atoms in total. The van der Waals surface area contributed by atoms with Gasteiger partial charge < -0.3 is 14.8 Å². The molecular formula is C8H18N2O4S. The van der Waals surface area contributed by atoms with Crippen LogP contribution in [0.15, 0.2) is 0 Å². The summed E-state index contributed by atoms with van der Waals surface area (Å²) in [6.45, 7) is 2.83. The minimum absolute atomic E-state index is 0.178. The van der Waals surface area contributed by atoms with Crippen molar-refractivity contribution in [1.29, 1.82) is 0 Å². The molecule has 1 aliphatic rings. The summed E-state index contributed by atoms with van der Waals surface area (Å²) in [5.74, 6) is 0. The van der Waals surface area contributed by atoms with Gasteiger partial charge >= 0.3 is 0 Å². The smallest absolute Gasteiger partial charge is 0.208 e. The van der Waals surface area contributed by atoms with Crippen LogP contribution in [0, 0.1) is 0 Å². The van der Waals surface area contributed by atoms with Crippen molar-refractivity contribution in [3.05, 3.63) is 0 Å². The molecule has 15 heavy (non-hydrogen) atoms. The van der Waals surface area contributed by atoms with Crippen molar-refractivity contribution in [3.8, 4) is 0 Å². The molecule has 90 valence electrons. The molecule has 0 bridgehead atoms. The topological polar surface area (TPSA) is 76.7 Å². The fourth-order valence-corrected chi connectivity index (χ4v) is 1.72. The van der Waals surface area contributed by atoms with Crippen molar-refractivity contribution >= 4 is 10.0 Å². The van der Waals surface area contributed by atoms with E-state index < -0.39 is 10.0 Å². The number of rotatable bonds is 6. The maximum Gasteiger partial charge on any atom is 0.208 e. The van der Waals surface area contributed by atoms with Crippen LogP contribution in [0.25, 0.3) is 0 Å². The molecule has 1 atom stereocenters. The molecule has 1 unspecified atom stereocenters. The quantitative estimate of drug-likeness (QED) is 0.574. The average molecular weight is 238 g/mol. The van der Waals surface area contributed by atoms with Crippen LogP contribution in [0.5, 0.6) is 0 Å². The molecule has 0 aromatic heterocycles. The normalized spacial score (nSPS) is 22.9. The lowest BCUT2D eigenvalue weighted by Crippen LogP contribution is -2.37. The molecule has 0 aromatic rings. The molecule has 2 N–H and O–H groups in total. The molecule has 7 heteroatoms. The summed E-state index contributed by atoms with van der Waals surface area (Å²) >= 11 is 0. The molecule has 1 rings (SSSR count). The fourth-order valence-electron chi connectivity index (χ4n) is 1.25. The summed E-state index contributed by atoms with van der Waals surface area (Å²) in [4.78, 5) is 0. The van der Waals surface area contributed by atoms with Crippen LogP contribution in [0.3, 0.4) is 0 Å². The lowest BCUT2D eigenvalue weighted by molar-refractivity contribution is -0.137. The number of nitrogens with one attached hydrogen (secondary N) is 2. The molecule has 0 spiro atoms. The van der Waals surface area contributed by atoms with Crippen molar-refractivity contribution in [3.63, 3.8) is 0 Å². The zero-order valence-electron chi connectivity index (χ0n) is 8.86. The largest absolute Gasteiger partial charge is 0.355 e. The zero-order valence-corrected chi connectivity index (χ0v) is 9.68. The van der Waals surface area contributed by atoms with Crippen LogP contribution in [-0.2, 0) is 19.5 Å². The third-order valence-corrected chi connectivity index (χ3v) is 2.74. The highest BCUT2D eigenvalue weighted by Crippen LogP contribution is 2.03. The first-order valence-corrected chi connectivity index (χ1v) is 6.82. The van der Waals surface area contributed by atoms with Gasteiger partial charge in [0.2, 0.25) is 10.0 Å². The van der Waals surface area contributed by atoms with Crippen LogP contribution >= 0.6 is 0 Å². The van der Waals surface area contributed by atoms with Gasteiger partial charge in [-0.2, -0.15) is 0 Å². The lowest BCUT2D eigenvalue weighted by atomic mass is 10.2. The molecule has 1 saturated heterocycles. The molecule has 1 aliphatic heterocycles. The SMILES string of the molecule is CS(=O)(=O)NCCNCC1CCOCO1. The Kier molecular flexibility index (Phi) is 5.48. The van der Waals surface area contributed by atoms with Crippen molar-refractivity contribution in [1.82, 2.24) is 10.0 Å². The second-order valence-corrected chi connectivity index (χ2v) is 5.31. The Morgan fingerprint density at radius 1 is 1.40 bits per heavy atom. The summed E-state index contributed by atoms with van der Waals surface area (Å²) in [5.41, 5.74) is 0. The van der Waals surface area contributed by atoms with Crippen molar-refractivity contribution in [2.75, 3.05) is 39.3 Å². The highest BCUT2D eigenvalue weighted by Gasteiger charge is 2.12. The van der Waals surface area contributed by atoms with Gasteiger partial charge in [0.1, 0.15) is 6.79 Å². The predicted molar refractivity (Wildman–Crippen MR) is 56.0 cm³/mol. The summed E-state index contributed by atoms with van der Waals surface area (Å²) in [6, 6.07) is 0. The van der Waals surface area contributed by atoms with Gasteiger partial charge in [-0.25, -0.2) is 13.1 Å². The van der Waals surface area contributed by atoms with E-state index in [0.717, 1.165) is 25.8 Å². The molecular weight excluding hydrogens is 220 g/mol. The van der Waals surface area contributed by atoms with Crippen LogP contribution < -0.4 is 10.0 Å². The number of hydrogen-bond donors (Lipinski definition) is 2. The van der Waals surface area contributed by atoms with Gasteiger partial charge in [-0.3, -0.25) is 0 Å². The molecule has 0 aliphatic carbocycles. The van der Waals surface area contributed by atoms with Gasteiger partial charge in [0.15, 0.2) is 0 Å². The van der Waals surface area contributed by atoms with Gasteiger partial charge in [-0.05, 0) is 6.42 Å². The first kappa shape index (κ1) is 12.9. The van der Waals surface area contributed by atoms with E-state index >= 15 is 0 Å². The molecule has 0 amide bonds. The second-order valence-electron chi connectivity index (χ2n) is 3.47. The molecule has 0 radical (unpaired) electrons. The van der Waals surface area contributed by atoms with E-state index in [0.29, 0.717) is 19.9 Å². The van der Waals surface area contributed by atoms with Crippen molar-refractivity contribution in [2.45, 2.75) is 12.5 Å². The fraction of sp³-hybridized carbons (Fsp3) is 1.00. The second kappa shape index (κ2) is 6.39. The monoisotopic (exact) mass is 238 g/mol. The van der Waals surface area contributed by atoms with Gasteiger partial charge in [-0.15, -0.1) is 0 Å². The average Bonchev–Trinajstić information content (AvgIpc) is 2.17. The minimum atomic E-state index is -3.07. The van der Waals surface area contributed by atoms with Crippen molar-refractivity contribution in [2.24, 2.45) is 0 Å².